The van der Waals surface area contributed by atoms with E-state index in [9.17, 15) is 14.4 Å². The SMILES string of the molecule is O=P([O-])([O-])CCCCl.[Na+].[Na+]. The molecule has 10 heavy (non-hydrogen) atoms. The molecule has 0 aromatic heterocycles. The molecule has 0 bridgehead atoms. The van der Waals surface area contributed by atoms with Gasteiger partial charge >= 0.3 is 59.1 Å². The zero-order chi connectivity index (χ0) is 6.62. The van der Waals surface area contributed by atoms with E-state index in [1.54, 1.807) is 0 Å². The molecule has 0 saturated carbocycles. The quantitative estimate of drug-likeness (QED) is 0.260. The maximum absolute atomic E-state index is 9.80. The second kappa shape index (κ2) is 9.53. The summed E-state index contributed by atoms with van der Waals surface area (Å²) < 4.78 is 9.80. The van der Waals surface area contributed by atoms with E-state index >= 15 is 0 Å². The van der Waals surface area contributed by atoms with Gasteiger partial charge in [0, 0.05) is 5.88 Å². The molecule has 0 aromatic rings. The fourth-order valence-electron chi connectivity index (χ4n) is 0.253. The molecule has 3 nitrogen and oxygen atoms in total. The van der Waals surface area contributed by atoms with Crippen molar-refractivity contribution in [2.75, 3.05) is 12.0 Å². The van der Waals surface area contributed by atoms with Crippen molar-refractivity contribution in [1.29, 1.82) is 0 Å². The Kier molecular flexibility index (Phi) is 17.4. The first-order valence-corrected chi connectivity index (χ1v) is 4.39. The Hall–Kier alpha value is 2.44. The van der Waals surface area contributed by atoms with Gasteiger partial charge in [-0.25, -0.2) is 0 Å². The first-order valence-electron chi connectivity index (χ1n) is 2.13. The Morgan fingerprint density at radius 2 is 1.70 bits per heavy atom. The predicted octanol–water partition coefficient (Wildman–Crippen LogP) is -6.46. The standard InChI is InChI=1S/C3H8ClO3P.2Na/c4-2-1-3-8(5,6)7;;/h1-3H2,(H2,5,6,7);;/q;2*+1/p-2. The van der Waals surface area contributed by atoms with Crippen LogP contribution in [-0.4, -0.2) is 12.0 Å². The first-order chi connectivity index (χ1) is 3.56. The molecule has 7 heteroatoms. The third-order valence-electron chi connectivity index (χ3n) is 0.566. The second-order valence-corrected chi connectivity index (χ2v) is 3.42. The van der Waals surface area contributed by atoms with Crippen molar-refractivity contribution in [3.05, 3.63) is 0 Å². The fraction of sp³-hybridized carbons (Fsp3) is 1.00. The molecule has 0 aliphatic rings. The van der Waals surface area contributed by atoms with E-state index in [0.29, 0.717) is 0 Å². The first kappa shape index (κ1) is 18.3. The van der Waals surface area contributed by atoms with Crippen LogP contribution in [0.25, 0.3) is 0 Å². The van der Waals surface area contributed by atoms with Crippen molar-refractivity contribution in [2.45, 2.75) is 6.42 Å². The molecule has 0 spiro atoms. The van der Waals surface area contributed by atoms with Crippen molar-refractivity contribution < 1.29 is 73.5 Å². The number of hydrogen-bond donors (Lipinski definition) is 0. The van der Waals surface area contributed by atoms with Gasteiger partial charge in [0.1, 0.15) is 0 Å². The van der Waals surface area contributed by atoms with Gasteiger partial charge in [-0.05, 0) is 12.6 Å². The molecule has 0 atom stereocenters. The molecule has 0 N–H and O–H groups in total. The third-order valence-corrected chi connectivity index (χ3v) is 1.70. The van der Waals surface area contributed by atoms with E-state index in [2.05, 4.69) is 0 Å². The van der Waals surface area contributed by atoms with Gasteiger partial charge in [-0.2, -0.15) is 0 Å². The van der Waals surface area contributed by atoms with Gasteiger partial charge in [-0.1, -0.05) is 7.60 Å². The number of halogens is 1. The van der Waals surface area contributed by atoms with Crippen LogP contribution in [0.3, 0.4) is 0 Å². The summed E-state index contributed by atoms with van der Waals surface area (Å²) in [4.78, 5) is 19.6. The third kappa shape index (κ3) is 16.8. The van der Waals surface area contributed by atoms with Crippen LogP contribution in [0.5, 0.6) is 0 Å². The van der Waals surface area contributed by atoms with E-state index in [0.717, 1.165) is 0 Å². The van der Waals surface area contributed by atoms with E-state index in [1.165, 1.54) is 0 Å². The fourth-order valence-corrected chi connectivity index (χ4v) is 1.12. The summed E-state index contributed by atoms with van der Waals surface area (Å²) in [6.07, 6.45) is -0.0671. The van der Waals surface area contributed by atoms with Crippen molar-refractivity contribution >= 4 is 19.2 Å². The van der Waals surface area contributed by atoms with Crippen LogP contribution in [0.15, 0.2) is 0 Å². The molecule has 0 saturated heterocycles. The number of rotatable bonds is 3. The maximum atomic E-state index is 9.80. The molecule has 0 amide bonds. The van der Waals surface area contributed by atoms with Crippen LogP contribution in [0.4, 0.5) is 0 Å². The average Bonchev–Trinajstić information content (AvgIpc) is 1.59. The summed E-state index contributed by atoms with van der Waals surface area (Å²) >= 11 is 5.11. The van der Waals surface area contributed by atoms with Crippen LogP contribution >= 0.6 is 19.2 Å². The summed E-state index contributed by atoms with van der Waals surface area (Å²) in [5.41, 5.74) is 0. The monoisotopic (exact) mass is 202 g/mol. The molecule has 0 unspecified atom stereocenters. The van der Waals surface area contributed by atoms with Gasteiger partial charge in [0.2, 0.25) is 0 Å². The molecule has 0 aliphatic heterocycles. The Morgan fingerprint density at radius 3 is 1.80 bits per heavy atom. The van der Waals surface area contributed by atoms with Gasteiger partial charge in [0.05, 0.1) is 0 Å². The minimum Gasteiger partial charge on any atom is -0.811 e. The predicted molar refractivity (Wildman–Crippen MR) is 27.8 cm³/mol. The summed E-state index contributed by atoms with van der Waals surface area (Å²) in [5.74, 6) is 0.231. The van der Waals surface area contributed by atoms with Crippen molar-refractivity contribution in [3.63, 3.8) is 0 Å². The topological polar surface area (TPSA) is 63.2 Å². The van der Waals surface area contributed by atoms with Crippen LogP contribution in [0, 0.1) is 0 Å². The van der Waals surface area contributed by atoms with Crippen molar-refractivity contribution in [1.82, 2.24) is 0 Å². The minimum atomic E-state index is -4.27. The van der Waals surface area contributed by atoms with Gasteiger partial charge in [-0.15, -0.1) is 11.6 Å². The van der Waals surface area contributed by atoms with Crippen LogP contribution < -0.4 is 68.9 Å². The van der Waals surface area contributed by atoms with Gasteiger partial charge < -0.3 is 14.4 Å². The zero-order valence-corrected chi connectivity index (χ0v) is 11.8. The summed E-state index contributed by atoms with van der Waals surface area (Å²) in [5, 5.41) is 0. The zero-order valence-electron chi connectivity index (χ0n) is 6.17. The van der Waals surface area contributed by atoms with Crippen molar-refractivity contribution in [3.8, 4) is 0 Å². The normalized spacial score (nSPS) is 9.50. The Bertz CT molecular complexity index is 106. The van der Waals surface area contributed by atoms with E-state index in [-0.39, 0.29) is 77.6 Å². The Balaban J connectivity index is -0.000000245. The Labute approximate surface area is 110 Å². The Morgan fingerprint density at radius 1 is 1.30 bits per heavy atom. The van der Waals surface area contributed by atoms with E-state index in [4.69, 9.17) is 11.6 Å². The average molecular weight is 202 g/mol. The summed E-state index contributed by atoms with van der Waals surface area (Å²) in [6, 6.07) is 0. The van der Waals surface area contributed by atoms with E-state index in [1.807, 2.05) is 0 Å². The maximum Gasteiger partial charge on any atom is 1.00 e. The molecular formula is C3H6ClNa2O3P. The minimum absolute atomic E-state index is 0. The number of hydrogen-bond acceptors (Lipinski definition) is 3. The molecule has 0 aliphatic carbocycles. The van der Waals surface area contributed by atoms with Gasteiger partial charge in [0.25, 0.3) is 0 Å². The molecule has 0 aromatic carbocycles. The van der Waals surface area contributed by atoms with Crippen LogP contribution in [0.2, 0.25) is 0 Å². The van der Waals surface area contributed by atoms with Gasteiger partial charge in [-0.3, -0.25) is 0 Å². The second-order valence-electron chi connectivity index (χ2n) is 1.38. The summed E-state index contributed by atoms with van der Waals surface area (Å²) in [6.45, 7) is 0. The number of alkyl halides is 1. The summed E-state index contributed by atoms with van der Waals surface area (Å²) in [7, 11) is -4.27. The molecular weight excluding hydrogens is 196 g/mol. The molecule has 0 rings (SSSR count). The van der Waals surface area contributed by atoms with Crippen LogP contribution in [-0.2, 0) is 4.57 Å². The molecule has 0 fully saturated rings. The van der Waals surface area contributed by atoms with Gasteiger partial charge in [0.15, 0.2) is 0 Å². The largest absolute Gasteiger partial charge is 1.00 e. The van der Waals surface area contributed by atoms with E-state index < -0.39 is 7.60 Å². The van der Waals surface area contributed by atoms with Crippen molar-refractivity contribution in [2.24, 2.45) is 0 Å². The molecule has 50 valence electrons. The molecule has 0 heterocycles. The molecule has 0 radical (unpaired) electrons. The van der Waals surface area contributed by atoms with Crippen LogP contribution in [0.1, 0.15) is 6.42 Å². The smallest absolute Gasteiger partial charge is 0.811 e.